The highest BCUT2D eigenvalue weighted by Crippen LogP contribution is 2.27. The summed E-state index contributed by atoms with van der Waals surface area (Å²) in [6.45, 7) is -1.29. The zero-order chi connectivity index (χ0) is 20.3. The largest absolute Gasteiger partial charge is 0.434 e. The summed E-state index contributed by atoms with van der Waals surface area (Å²) in [6, 6.07) is 4.40. The minimum Gasteiger partial charge on any atom is -0.434 e. The molecule has 1 fully saturated rings. The smallest absolute Gasteiger partial charge is 0.387 e. The number of ether oxygens (including phenoxy) is 1. The van der Waals surface area contributed by atoms with Gasteiger partial charge in [-0.1, -0.05) is 23.4 Å². The number of alkyl halides is 2. The summed E-state index contributed by atoms with van der Waals surface area (Å²) in [7, 11) is -2.98. The Hall–Kier alpha value is -2.01. The summed E-state index contributed by atoms with van der Waals surface area (Å²) in [6.07, 6.45) is 0.928. The number of aromatic nitrogens is 2. The first kappa shape index (κ1) is 20.7. The number of hydrogen-bond donors (Lipinski definition) is 0. The highest BCUT2D eigenvalue weighted by atomic mass is 32.2. The van der Waals surface area contributed by atoms with Gasteiger partial charge in [0.25, 0.3) is 5.22 Å². The molecule has 3 rings (SSSR count). The van der Waals surface area contributed by atoms with Gasteiger partial charge in [0.2, 0.25) is 5.89 Å². The van der Waals surface area contributed by atoms with Gasteiger partial charge in [0.1, 0.15) is 5.75 Å². The predicted octanol–water partition coefficient (Wildman–Crippen LogP) is 2.93. The normalized spacial score (nSPS) is 18.5. The van der Waals surface area contributed by atoms with Gasteiger partial charge in [-0.05, 0) is 31.4 Å². The maximum atomic E-state index is 12.5. The minimum atomic E-state index is -3.03. The molecule has 152 valence electrons. The molecule has 1 aromatic heterocycles. The van der Waals surface area contributed by atoms with Gasteiger partial charge in [0.15, 0.2) is 15.6 Å². The maximum absolute atomic E-state index is 12.5. The molecule has 28 heavy (non-hydrogen) atoms. The summed E-state index contributed by atoms with van der Waals surface area (Å²) in [5, 5.41) is 7.88. The lowest BCUT2D eigenvalue weighted by molar-refractivity contribution is -0.0501. The van der Waals surface area contributed by atoms with E-state index in [2.05, 4.69) is 14.9 Å². The van der Waals surface area contributed by atoms with Gasteiger partial charge in [-0.3, -0.25) is 4.79 Å². The number of hydrogen-bond acceptors (Lipinski definition) is 8. The fourth-order valence-corrected chi connectivity index (χ4v) is 5.45. The van der Waals surface area contributed by atoms with Crippen molar-refractivity contribution >= 4 is 27.4 Å². The number of nitrogens with zero attached hydrogens (tertiary/aromatic N) is 2. The third-order valence-corrected chi connectivity index (χ3v) is 6.87. The first-order valence-electron chi connectivity index (χ1n) is 8.46. The number of rotatable bonds is 8. The van der Waals surface area contributed by atoms with E-state index >= 15 is 0 Å². The molecule has 0 N–H and O–H groups in total. The Kier molecular flexibility index (Phi) is 6.33. The number of aryl methyl sites for hydroxylation is 1. The molecule has 11 heteroatoms. The van der Waals surface area contributed by atoms with Gasteiger partial charge in [-0.2, -0.15) is 8.78 Å². The van der Waals surface area contributed by atoms with Crippen molar-refractivity contribution in [1.29, 1.82) is 0 Å². The Morgan fingerprint density at radius 2 is 2.18 bits per heavy atom. The lowest BCUT2D eigenvalue weighted by Gasteiger charge is -2.10. The highest BCUT2D eigenvalue weighted by Gasteiger charge is 2.29. The van der Waals surface area contributed by atoms with Crippen LogP contribution in [-0.2, 0) is 16.3 Å². The summed E-state index contributed by atoms with van der Waals surface area (Å²) >= 11 is 0.984. The predicted molar refractivity (Wildman–Crippen MR) is 97.6 cm³/mol. The van der Waals surface area contributed by atoms with Crippen molar-refractivity contribution in [3.05, 3.63) is 35.2 Å². The lowest BCUT2D eigenvalue weighted by Crippen LogP contribution is -2.10. The summed E-state index contributed by atoms with van der Waals surface area (Å²) in [5.74, 6) is -0.146. The summed E-state index contributed by atoms with van der Waals surface area (Å²) in [5.41, 5.74) is 0.797. The van der Waals surface area contributed by atoms with Crippen LogP contribution in [0.3, 0.4) is 0 Å². The second-order valence-electron chi connectivity index (χ2n) is 6.52. The van der Waals surface area contributed by atoms with Crippen LogP contribution in [0.2, 0.25) is 0 Å². The number of sulfone groups is 1. The van der Waals surface area contributed by atoms with Crippen molar-refractivity contribution in [3.63, 3.8) is 0 Å². The third-order valence-electron chi connectivity index (χ3n) is 4.22. The molecule has 2 aromatic rings. The van der Waals surface area contributed by atoms with Crippen molar-refractivity contribution in [2.75, 3.05) is 17.3 Å². The standard InChI is InChI=1S/C17H18F2N2O5S2/c1-10-2-3-14(25-16(18)19)12(6-10)13(22)8-27-17-21-20-15(26-17)7-11-4-5-28(23,24)9-11/h2-3,6,11,16H,4-5,7-9H2,1H3/t11-/m0/s1. The van der Waals surface area contributed by atoms with Gasteiger partial charge in [-0.25, -0.2) is 8.42 Å². The molecule has 0 spiro atoms. The third kappa shape index (κ3) is 5.51. The zero-order valence-electron chi connectivity index (χ0n) is 14.9. The quantitative estimate of drug-likeness (QED) is 0.464. The van der Waals surface area contributed by atoms with Crippen LogP contribution in [0, 0.1) is 12.8 Å². The van der Waals surface area contributed by atoms with Crippen LogP contribution in [0.4, 0.5) is 8.78 Å². The Morgan fingerprint density at radius 3 is 2.86 bits per heavy atom. The molecule has 0 unspecified atom stereocenters. The molecule has 2 heterocycles. The van der Waals surface area contributed by atoms with Crippen molar-refractivity contribution in [2.45, 2.75) is 31.6 Å². The number of Topliss-reactive ketones (excluding diaryl/α,β-unsaturated/α-hetero) is 1. The number of carbonyl (C=O) groups is 1. The van der Waals surface area contributed by atoms with E-state index in [0.717, 1.165) is 17.3 Å². The van der Waals surface area contributed by atoms with Gasteiger partial charge >= 0.3 is 6.61 Å². The molecular formula is C17H18F2N2O5S2. The van der Waals surface area contributed by atoms with E-state index in [1.54, 1.807) is 13.0 Å². The van der Waals surface area contributed by atoms with Crippen molar-refractivity contribution in [2.24, 2.45) is 5.92 Å². The Balaban J connectivity index is 1.60. The SMILES string of the molecule is Cc1ccc(OC(F)F)c(C(=O)CSc2nnc(C[C@@H]3CCS(=O)(=O)C3)o2)c1. The monoisotopic (exact) mass is 432 g/mol. The molecule has 1 atom stereocenters. The highest BCUT2D eigenvalue weighted by molar-refractivity contribution is 7.99. The molecular weight excluding hydrogens is 414 g/mol. The van der Waals surface area contributed by atoms with Crippen LogP contribution in [0.5, 0.6) is 5.75 Å². The fourth-order valence-electron chi connectivity index (χ4n) is 2.92. The first-order chi connectivity index (χ1) is 13.2. The average molecular weight is 432 g/mol. The molecule has 1 aliphatic rings. The average Bonchev–Trinajstić information content (AvgIpc) is 3.20. The van der Waals surface area contributed by atoms with Crippen LogP contribution in [0.1, 0.15) is 28.2 Å². The van der Waals surface area contributed by atoms with E-state index in [1.165, 1.54) is 12.1 Å². The number of thioether (sulfide) groups is 1. The molecule has 7 nitrogen and oxygen atoms in total. The fraction of sp³-hybridized carbons (Fsp3) is 0.471. The van der Waals surface area contributed by atoms with Gasteiger partial charge in [0, 0.05) is 6.42 Å². The Labute approximate surface area is 164 Å². The molecule has 0 aliphatic carbocycles. The molecule has 0 amide bonds. The van der Waals surface area contributed by atoms with Crippen LogP contribution in [0.25, 0.3) is 0 Å². The topological polar surface area (TPSA) is 99.4 Å². The van der Waals surface area contributed by atoms with Gasteiger partial charge < -0.3 is 9.15 Å². The van der Waals surface area contributed by atoms with E-state index < -0.39 is 22.2 Å². The lowest BCUT2D eigenvalue weighted by atomic mass is 10.1. The van der Waals surface area contributed by atoms with Crippen LogP contribution in [-0.4, -0.2) is 48.3 Å². The van der Waals surface area contributed by atoms with Crippen LogP contribution < -0.4 is 4.74 Å². The molecule has 0 radical (unpaired) electrons. The minimum absolute atomic E-state index is 0.0497. The second kappa shape index (κ2) is 8.56. The molecule has 1 saturated heterocycles. The van der Waals surface area contributed by atoms with E-state index in [-0.39, 0.29) is 39.7 Å². The van der Waals surface area contributed by atoms with Crippen LogP contribution >= 0.6 is 11.8 Å². The first-order valence-corrected chi connectivity index (χ1v) is 11.3. The van der Waals surface area contributed by atoms with Crippen molar-refractivity contribution < 1.29 is 31.1 Å². The number of halogens is 2. The van der Waals surface area contributed by atoms with E-state index in [9.17, 15) is 22.0 Å². The van der Waals surface area contributed by atoms with Crippen molar-refractivity contribution in [1.82, 2.24) is 10.2 Å². The van der Waals surface area contributed by atoms with Gasteiger partial charge in [-0.15, -0.1) is 10.2 Å². The molecule has 1 aromatic carbocycles. The summed E-state index contributed by atoms with van der Waals surface area (Å²) < 4.78 is 57.9. The van der Waals surface area contributed by atoms with Crippen molar-refractivity contribution in [3.8, 4) is 5.75 Å². The molecule has 1 aliphatic heterocycles. The van der Waals surface area contributed by atoms with Gasteiger partial charge in [0.05, 0.1) is 22.8 Å². The summed E-state index contributed by atoms with van der Waals surface area (Å²) in [4.78, 5) is 12.4. The number of carbonyl (C=O) groups excluding carboxylic acids is 1. The Bertz CT molecular complexity index is 962. The second-order valence-corrected chi connectivity index (χ2v) is 9.68. The zero-order valence-corrected chi connectivity index (χ0v) is 16.6. The molecule has 0 saturated carbocycles. The van der Waals surface area contributed by atoms with E-state index in [1.807, 2.05) is 0 Å². The van der Waals surface area contributed by atoms with E-state index in [0.29, 0.717) is 18.7 Å². The van der Waals surface area contributed by atoms with Crippen LogP contribution in [0.15, 0.2) is 27.8 Å². The van der Waals surface area contributed by atoms with E-state index in [4.69, 9.17) is 4.42 Å². The number of ketones is 1. The number of benzene rings is 1. The molecule has 0 bridgehead atoms. The Morgan fingerprint density at radius 1 is 1.39 bits per heavy atom. The maximum Gasteiger partial charge on any atom is 0.387 e.